The van der Waals surface area contributed by atoms with Gasteiger partial charge in [0.25, 0.3) is 0 Å². The van der Waals surface area contributed by atoms with Crippen LogP contribution in [0.4, 0.5) is 0 Å². The number of nitrogens with zero attached hydrogens (tertiary/aromatic N) is 1. The molecule has 3 N–H and O–H groups in total. The van der Waals surface area contributed by atoms with Gasteiger partial charge < -0.3 is 10.7 Å². The minimum absolute atomic E-state index is 0.717. The standard InChI is InChI=1S/C10H13N3S/c11-4-1-2-10-12-6-9(13-10)8-3-5-14-7-8/h3,5-7H,1-2,4,11H2,(H,12,13). The number of aromatic amines is 1. The minimum atomic E-state index is 0.717. The molecule has 14 heavy (non-hydrogen) atoms. The molecule has 0 aliphatic heterocycles. The van der Waals surface area contributed by atoms with Crippen LogP contribution in [0.2, 0.25) is 0 Å². The highest BCUT2D eigenvalue weighted by Crippen LogP contribution is 2.19. The molecule has 0 aliphatic carbocycles. The second-order valence-corrected chi connectivity index (χ2v) is 3.93. The third kappa shape index (κ3) is 2.02. The van der Waals surface area contributed by atoms with E-state index in [1.807, 2.05) is 6.20 Å². The number of aromatic nitrogens is 2. The van der Waals surface area contributed by atoms with E-state index >= 15 is 0 Å². The van der Waals surface area contributed by atoms with E-state index in [-0.39, 0.29) is 0 Å². The average Bonchev–Trinajstić information content (AvgIpc) is 2.85. The summed E-state index contributed by atoms with van der Waals surface area (Å²) < 4.78 is 0. The van der Waals surface area contributed by atoms with E-state index < -0.39 is 0 Å². The maximum absolute atomic E-state index is 5.44. The van der Waals surface area contributed by atoms with Gasteiger partial charge in [0.15, 0.2) is 0 Å². The molecule has 0 fully saturated rings. The molecule has 2 aromatic heterocycles. The topological polar surface area (TPSA) is 54.7 Å². The Morgan fingerprint density at radius 2 is 2.43 bits per heavy atom. The van der Waals surface area contributed by atoms with Crippen LogP contribution in [-0.4, -0.2) is 16.5 Å². The summed E-state index contributed by atoms with van der Waals surface area (Å²) in [7, 11) is 0. The Morgan fingerprint density at radius 3 is 3.14 bits per heavy atom. The summed E-state index contributed by atoms with van der Waals surface area (Å²) in [4.78, 5) is 7.59. The lowest BCUT2D eigenvalue weighted by Gasteiger charge is -1.93. The summed E-state index contributed by atoms with van der Waals surface area (Å²) in [5, 5.41) is 4.18. The summed E-state index contributed by atoms with van der Waals surface area (Å²) in [6, 6.07) is 2.09. The van der Waals surface area contributed by atoms with Crippen molar-refractivity contribution in [3.8, 4) is 11.3 Å². The largest absolute Gasteiger partial charge is 0.342 e. The zero-order chi connectivity index (χ0) is 9.80. The van der Waals surface area contributed by atoms with Crippen LogP contribution in [0.5, 0.6) is 0 Å². The molecule has 74 valence electrons. The lowest BCUT2D eigenvalue weighted by atomic mass is 10.3. The lowest BCUT2D eigenvalue weighted by molar-refractivity contribution is 0.794. The van der Waals surface area contributed by atoms with Gasteiger partial charge >= 0.3 is 0 Å². The molecular formula is C10H13N3S. The molecule has 0 saturated carbocycles. The highest BCUT2D eigenvalue weighted by Gasteiger charge is 2.02. The van der Waals surface area contributed by atoms with Crippen molar-refractivity contribution in [1.29, 1.82) is 0 Å². The van der Waals surface area contributed by atoms with Gasteiger partial charge in [-0.25, -0.2) is 4.98 Å². The number of H-pyrrole nitrogens is 1. The van der Waals surface area contributed by atoms with Crippen molar-refractivity contribution < 1.29 is 0 Å². The molecule has 4 heteroatoms. The van der Waals surface area contributed by atoms with Gasteiger partial charge in [0.2, 0.25) is 0 Å². The molecular weight excluding hydrogens is 194 g/mol. The van der Waals surface area contributed by atoms with Crippen molar-refractivity contribution in [3.05, 3.63) is 28.8 Å². The Morgan fingerprint density at radius 1 is 1.50 bits per heavy atom. The van der Waals surface area contributed by atoms with Crippen molar-refractivity contribution in [1.82, 2.24) is 9.97 Å². The number of imidazole rings is 1. The fourth-order valence-electron chi connectivity index (χ4n) is 1.32. The number of thiophene rings is 1. The fourth-order valence-corrected chi connectivity index (χ4v) is 1.98. The Labute approximate surface area is 87.0 Å². The van der Waals surface area contributed by atoms with E-state index in [1.54, 1.807) is 11.3 Å². The average molecular weight is 207 g/mol. The quantitative estimate of drug-likeness (QED) is 0.806. The first-order chi connectivity index (χ1) is 6.90. The van der Waals surface area contributed by atoms with Gasteiger partial charge in [0.1, 0.15) is 5.82 Å². The monoisotopic (exact) mass is 207 g/mol. The van der Waals surface area contributed by atoms with Gasteiger partial charge in [-0.15, -0.1) is 0 Å². The van der Waals surface area contributed by atoms with Crippen LogP contribution in [-0.2, 0) is 6.42 Å². The second-order valence-electron chi connectivity index (χ2n) is 3.15. The van der Waals surface area contributed by atoms with Gasteiger partial charge in [-0.3, -0.25) is 0 Å². The molecule has 0 bridgehead atoms. The highest BCUT2D eigenvalue weighted by molar-refractivity contribution is 7.08. The predicted octanol–water partition coefficient (Wildman–Crippen LogP) is 2.03. The first-order valence-corrected chi connectivity index (χ1v) is 5.61. The van der Waals surface area contributed by atoms with E-state index in [0.717, 1.165) is 24.4 Å². The zero-order valence-electron chi connectivity index (χ0n) is 7.86. The van der Waals surface area contributed by atoms with Crippen molar-refractivity contribution in [2.75, 3.05) is 6.54 Å². The molecule has 0 atom stereocenters. The van der Waals surface area contributed by atoms with Crippen LogP contribution in [0.25, 0.3) is 11.3 Å². The van der Waals surface area contributed by atoms with Gasteiger partial charge in [0.05, 0.1) is 11.9 Å². The Bertz CT molecular complexity index is 378. The lowest BCUT2D eigenvalue weighted by Crippen LogP contribution is -2.01. The van der Waals surface area contributed by atoms with Gasteiger partial charge in [-0.2, -0.15) is 11.3 Å². The molecule has 2 heterocycles. The Balaban J connectivity index is 2.10. The Hall–Kier alpha value is -1.13. The first kappa shape index (κ1) is 9.43. The second kappa shape index (κ2) is 4.39. The molecule has 0 radical (unpaired) electrons. The minimum Gasteiger partial charge on any atom is -0.342 e. The van der Waals surface area contributed by atoms with E-state index in [4.69, 9.17) is 5.73 Å². The van der Waals surface area contributed by atoms with Crippen LogP contribution in [0.1, 0.15) is 12.2 Å². The van der Waals surface area contributed by atoms with Crippen LogP contribution in [0.3, 0.4) is 0 Å². The summed E-state index contributed by atoms with van der Waals surface area (Å²) in [6.07, 6.45) is 3.80. The number of hydrogen-bond donors (Lipinski definition) is 2. The Kier molecular flexibility index (Phi) is 2.96. The van der Waals surface area contributed by atoms with E-state index in [1.165, 1.54) is 5.56 Å². The summed E-state index contributed by atoms with van der Waals surface area (Å²) in [6.45, 7) is 0.717. The normalized spacial score (nSPS) is 10.6. The summed E-state index contributed by atoms with van der Waals surface area (Å²) >= 11 is 1.69. The molecule has 2 rings (SSSR count). The summed E-state index contributed by atoms with van der Waals surface area (Å²) in [5.41, 5.74) is 7.74. The smallest absolute Gasteiger partial charge is 0.106 e. The van der Waals surface area contributed by atoms with Crippen molar-refractivity contribution in [2.24, 2.45) is 5.73 Å². The predicted molar refractivity (Wildman–Crippen MR) is 59.3 cm³/mol. The van der Waals surface area contributed by atoms with Gasteiger partial charge in [-0.05, 0) is 24.4 Å². The molecule has 0 aliphatic rings. The first-order valence-electron chi connectivity index (χ1n) is 4.66. The van der Waals surface area contributed by atoms with Crippen molar-refractivity contribution >= 4 is 11.3 Å². The fraction of sp³-hybridized carbons (Fsp3) is 0.300. The molecule has 0 spiro atoms. The van der Waals surface area contributed by atoms with Gasteiger partial charge in [0, 0.05) is 17.4 Å². The third-order valence-electron chi connectivity index (χ3n) is 2.08. The number of rotatable bonds is 4. The molecule has 0 unspecified atom stereocenters. The van der Waals surface area contributed by atoms with Crippen LogP contribution in [0, 0.1) is 0 Å². The van der Waals surface area contributed by atoms with Crippen LogP contribution >= 0.6 is 11.3 Å². The van der Waals surface area contributed by atoms with Crippen LogP contribution in [0.15, 0.2) is 23.0 Å². The SMILES string of the molecule is NCCCc1ncc(-c2ccsc2)[nH]1. The summed E-state index contributed by atoms with van der Waals surface area (Å²) in [5.74, 6) is 1.02. The van der Waals surface area contributed by atoms with Crippen LogP contribution < -0.4 is 5.73 Å². The zero-order valence-corrected chi connectivity index (χ0v) is 8.68. The van der Waals surface area contributed by atoms with E-state index in [2.05, 4.69) is 26.8 Å². The molecule has 3 nitrogen and oxygen atoms in total. The van der Waals surface area contributed by atoms with Crippen molar-refractivity contribution in [2.45, 2.75) is 12.8 Å². The third-order valence-corrected chi connectivity index (χ3v) is 2.76. The van der Waals surface area contributed by atoms with Gasteiger partial charge in [-0.1, -0.05) is 0 Å². The van der Waals surface area contributed by atoms with Crippen molar-refractivity contribution in [3.63, 3.8) is 0 Å². The molecule has 0 saturated heterocycles. The van der Waals surface area contributed by atoms with E-state index in [0.29, 0.717) is 6.54 Å². The number of hydrogen-bond acceptors (Lipinski definition) is 3. The molecule has 0 amide bonds. The molecule has 0 aromatic carbocycles. The number of aryl methyl sites for hydroxylation is 1. The molecule has 2 aromatic rings. The maximum atomic E-state index is 5.44. The maximum Gasteiger partial charge on any atom is 0.106 e. The number of nitrogens with one attached hydrogen (secondary N) is 1. The van der Waals surface area contributed by atoms with E-state index in [9.17, 15) is 0 Å². The number of nitrogens with two attached hydrogens (primary N) is 1. The highest BCUT2D eigenvalue weighted by atomic mass is 32.1.